The van der Waals surface area contributed by atoms with Crippen LogP contribution in [0.15, 0.2) is 0 Å². The SMILES string of the molecule is CC[CH]C(=O)N(C)OC=S. The number of hydroxylamine groups is 2. The zero-order chi connectivity index (χ0) is 7.98. The summed E-state index contributed by atoms with van der Waals surface area (Å²) in [6, 6.07) is 0. The Labute approximate surface area is 65.9 Å². The second kappa shape index (κ2) is 5.17. The zero-order valence-corrected chi connectivity index (χ0v) is 6.85. The molecule has 4 heteroatoms. The number of nitrogens with zero attached hydrogens (tertiary/aromatic N) is 1. The molecule has 0 saturated heterocycles. The Morgan fingerprint density at radius 2 is 2.40 bits per heavy atom. The molecule has 0 rings (SSSR count). The molecule has 0 aliphatic rings. The molecule has 0 N–H and O–H groups in total. The third-order valence-electron chi connectivity index (χ3n) is 0.890. The van der Waals surface area contributed by atoms with Gasteiger partial charge in [0.15, 0.2) is 5.55 Å². The van der Waals surface area contributed by atoms with E-state index in [1.165, 1.54) is 13.5 Å². The molecule has 0 saturated carbocycles. The molecule has 0 fully saturated rings. The lowest BCUT2D eigenvalue weighted by molar-refractivity contribution is -0.149. The predicted octanol–water partition coefficient (Wildman–Crippen LogP) is 0.948. The van der Waals surface area contributed by atoms with Crippen molar-refractivity contribution >= 4 is 23.7 Å². The Morgan fingerprint density at radius 3 is 2.80 bits per heavy atom. The Hall–Kier alpha value is -0.640. The van der Waals surface area contributed by atoms with Crippen molar-refractivity contribution in [3.63, 3.8) is 0 Å². The number of carbonyl (C=O) groups is 1. The summed E-state index contributed by atoms with van der Waals surface area (Å²) in [5.74, 6) is -0.177. The van der Waals surface area contributed by atoms with Crippen LogP contribution in [0.25, 0.3) is 0 Å². The Balaban J connectivity index is 3.58. The highest BCUT2D eigenvalue weighted by Gasteiger charge is 2.05. The summed E-state index contributed by atoms with van der Waals surface area (Å²) in [5, 5.41) is 1.08. The van der Waals surface area contributed by atoms with E-state index in [-0.39, 0.29) is 5.91 Å². The van der Waals surface area contributed by atoms with Crippen LogP contribution in [0.1, 0.15) is 13.3 Å². The average Bonchev–Trinajstić information content (AvgIpc) is 1.89. The van der Waals surface area contributed by atoms with E-state index in [1.807, 2.05) is 6.92 Å². The number of amides is 1. The summed E-state index contributed by atoms with van der Waals surface area (Å²) in [6.07, 6.45) is 2.21. The van der Waals surface area contributed by atoms with Crippen LogP contribution < -0.4 is 0 Å². The summed E-state index contributed by atoms with van der Waals surface area (Å²) in [4.78, 5) is 15.4. The number of hydrogen-bond donors (Lipinski definition) is 0. The van der Waals surface area contributed by atoms with Crippen molar-refractivity contribution in [3.05, 3.63) is 6.42 Å². The molecular formula is C6H10NO2S. The highest BCUT2D eigenvalue weighted by atomic mass is 32.1. The van der Waals surface area contributed by atoms with Gasteiger partial charge in [0.1, 0.15) is 0 Å². The van der Waals surface area contributed by atoms with E-state index in [0.717, 1.165) is 10.6 Å². The van der Waals surface area contributed by atoms with E-state index >= 15 is 0 Å². The zero-order valence-electron chi connectivity index (χ0n) is 6.03. The number of rotatable bonds is 4. The van der Waals surface area contributed by atoms with Gasteiger partial charge in [-0.25, -0.2) is 0 Å². The summed E-state index contributed by atoms with van der Waals surface area (Å²) in [5.41, 5.74) is 1.04. The van der Waals surface area contributed by atoms with Crippen molar-refractivity contribution in [1.82, 2.24) is 5.06 Å². The van der Waals surface area contributed by atoms with Crippen LogP contribution >= 0.6 is 12.2 Å². The van der Waals surface area contributed by atoms with E-state index in [1.54, 1.807) is 0 Å². The van der Waals surface area contributed by atoms with Crippen LogP contribution in [0.5, 0.6) is 0 Å². The van der Waals surface area contributed by atoms with Crippen LogP contribution in [0, 0.1) is 6.42 Å². The van der Waals surface area contributed by atoms with Gasteiger partial charge in [0.2, 0.25) is 0 Å². The lowest BCUT2D eigenvalue weighted by atomic mass is 10.3. The van der Waals surface area contributed by atoms with Gasteiger partial charge in [0.05, 0.1) is 6.42 Å². The van der Waals surface area contributed by atoms with Gasteiger partial charge in [-0.05, 0) is 18.6 Å². The van der Waals surface area contributed by atoms with Gasteiger partial charge < -0.3 is 4.84 Å². The largest absolute Gasteiger partial charge is 0.373 e. The quantitative estimate of drug-likeness (QED) is 0.453. The molecule has 0 aliphatic carbocycles. The monoisotopic (exact) mass is 160 g/mol. The van der Waals surface area contributed by atoms with E-state index in [4.69, 9.17) is 0 Å². The van der Waals surface area contributed by atoms with E-state index in [9.17, 15) is 4.79 Å². The van der Waals surface area contributed by atoms with Crippen LogP contribution in [0.3, 0.4) is 0 Å². The standard InChI is InChI=1S/C6H10NO2S/c1-3-4-6(8)7(2)9-5-10/h4-5H,3H2,1-2H3. The van der Waals surface area contributed by atoms with E-state index < -0.39 is 0 Å². The summed E-state index contributed by atoms with van der Waals surface area (Å²) in [7, 11) is 1.51. The molecule has 0 aromatic rings. The minimum atomic E-state index is -0.177. The molecule has 0 heterocycles. The maximum atomic E-state index is 10.8. The third kappa shape index (κ3) is 3.40. The Morgan fingerprint density at radius 1 is 1.80 bits per heavy atom. The second-order valence-electron chi connectivity index (χ2n) is 1.65. The normalized spacial score (nSPS) is 8.60. The molecule has 57 valence electrons. The summed E-state index contributed by atoms with van der Waals surface area (Å²) < 4.78 is 0. The Kier molecular flexibility index (Phi) is 4.84. The molecule has 0 spiro atoms. The first-order valence-corrected chi connectivity index (χ1v) is 3.40. The predicted molar refractivity (Wildman–Crippen MR) is 42.1 cm³/mol. The number of carbonyl (C=O) groups excluding carboxylic acids is 1. The van der Waals surface area contributed by atoms with Crippen molar-refractivity contribution < 1.29 is 9.63 Å². The van der Waals surface area contributed by atoms with Gasteiger partial charge in [-0.1, -0.05) is 6.92 Å². The minimum absolute atomic E-state index is 0.177. The van der Waals surface area contributed by atoms with Crippen LogP contribution in [0.4, 0.5) is 0 Å². The summed E-state index contributed by atoms with van der Waals surface area (Å²) >= 11 is 4.38. The molecule has 0 aromatic carbocycles. The lowest BCUT2D eigenvalue weighted by Crippen LogP contribution is -2.25. The van der Waals surface area contributed by atoms with Gasteiger partial charge in [-0.3, -0.25) is 4.79 Å². The van der Waals surface area contributed by atoms with Crippen molar-refractivity contribution in [1.29, 1.82) is 0 Å². The molecule has 0 atom stereocenters. The van der Waals surface area contributed by atoms with Gasteiger partial charge in [-0.15, -0.1) is 0 Å². The van der Waals surface area contributed by atoms with Gasteiger partial charge in [0.25, 0.3) is 5.91 Å². The first kappa shape index (κ1) is 9.36. The van der Waals surface area contributed by atoms with Crippen LogP contribution in [-0.2, 0) is 9.63 Å². The number of hydrogen-bond acceptors (Lipinski definition) is 3. The molecule has 0 unspecified atom stereocenters. The molecule has 0 aromatic heterocycles. The smallest absolute Gasteiger partial charge is 0.258 e. The molecule has 1 radical (unpaired) electrons. The fraction of sp³-hybridized carbons (Fsp3) is 0.500. The molecule has 0 bridgehead atoms. The molecular weight excluding hydrogens is 150 g/mol. The van der Waals surface area contributed by atoms with E-state index in [0.29, 0.717) is 6.42 Å². The lowest BCUT2D eigenvalue weighted by Gasteiger charge is -2.12. The molecule has 0 aliphatic heterocycles. The fourth-order valence-electron chi connectivity index (χ4n) is 0.420. The maximum Gasteiger partial charge on any atom is 0.258 e. The number of thiocarbonyl (C=S) groups is 1. The third-order valence-corrected chi connectivity index (χ3v) is 0.976. The van der Waals surface area contributed by atoms with Gasteiger partial charge in [0, 0.05) is 7.05 Å². The molecule has 10 heavy (non-hydrogen) atoms. The van der Waals surface area contributed by atoms with Gasteiger partial charge >= 0.3 is 0 Å². The molecule has 1 amide bonds. The average molecular weight is 160 g/mol. The maximum absolute atomic E-state index is 10.8. The van der Waals surface area contributed by atoms with Crippen molar-refractivity contribution in [2.24, 2.45) is 0 Å². The van der Waals surface area contributed by atoms with Crippen LogP contribution in [-0.4, -0.2) is 23.6 Å². The van der Waals surface area contributed by atoms with Gasteiger partial charge in [-0.2, -0.15) is 5.06 Å². The summed E-state index contributed by atoms with van der Waals surface area (Å²) in [6.45, 7) is 1.88. The Bertz CT molecular complexity index is 127. The minimum Gasteiger partial charge on any atom is -0.373 e. The first-order chi connectivity index (χ1) is 4.72. The topological polar surface area (TPSA) is 29.5 Å². The van der Waals surface area contributed by atoms with Crippen LogP contribution in [0.2, 0.25) is 0 Å². The highest BCUT2D eigenvalue weighted by molar-refractivity contribution is 7.78. The van der Waals surface area contributed by atoms with Crippen molar-refractivity contribution in [2.75, 3.05) is 7.05 Å². The first-order valence-electron chi connectivity index (χ1n) is 2.93. The van der Waals surface area contributed by atoms with E-state index in [2.05, 4.69) is 17.1 Å². The fourth-order valence-corrected chi connectivity index (χ4v) is 0.549. The molecule has 3 nitrogen and oxygen atoms in total. The second-order valence-corrected chi connectivity index (χ2v) is 1.84. The van der Waals surface area contributed by atoms with Crippen molar-refractivity contribution in [3.8, 4) is 0 Å². The highest BCUT2D eigenvalue weighted by Crippen LogP contribution is 1.92. The van der Waals surface area contributed by atoms with Crippen molar-refractivity contribution in [2.45, 2.75) is 13.3 Å².